The zero-order valence-corrected chi connectivity index (χ0v) is 20.0. The summed E-state index contributed by atoms with van der Waals surface area (Å²) in [6, 6.07) is 5.99. The molecule has 0 saturated carbocycles. The predicted molar refractivity (Wildman–Crippen MR) is 138 cm³/mol. The van der Waals surface area contributed by atoms with E-state index in [0.717, 1.165) is 41.8 Å². The molecule has 0 aliphatic carbocycles. The smallest absolute Gasteiger partial charge is 0.184 e. The van der Waals surface area contributed by atoms with E-state index in [4.69, 9.17) is 0 Å². The number of hydrogen-bond acceptors (Lipinski definition) is 7. The van der Waals surface area contributed by atoms with Crippen LogP contribution in [0.1, 0.15) is 18.4 Å². The van der Waals surface area contributed by atoms with E-state index < -0.39 is 5.82 Å². The lowest BCUT2D eigenvalue weighted by Crippen LogP contribution is -2.18. The third-order valence-electron chi connectivity index (χ3n) is 6.69. The zero-order chi connectivity index (χ0) is 24.1. The van der Waals surface area contributed by atoms with Crippen LogP contribution in [0.4, 0.5) is 4.39 Å². The molecule has 0 amide bonds. The van der Waals surface area contributed by atoms with Crippen LogP contribution in [0.5, 0.6) is 0 Å². The molecule has 0 aromatic carbocycles. The summed E-state index contributed by atoms with van der Waals surface area (Å²) >= 11 is 1.62. The van der Waals surface area contributed by atoms with Gasteiger partial charge in [0.15, 0.2) is 17.1 Å². The maximum atomic E-state index is 16.0. The van der Waals surface area contributed by atoms with E-state index >= 15 is 4.39 Å². The van der Waals surface area contributed by atoms with Crippen molar-refractivity contribution >= 4 is 33.5 Å². The summed E-state index contributed by atoms with van der Waals surface area (Å²) in [5.74, 6) is 0.0526. The number of pyridine rings is 3. The average molecular weight is 497 g/mol. The number of halogens is 1. The Morgan fingerprint density at radius 3 is 2.78 bits per heavy atom. The minimum Gasteiger partial charge on any atom is -0.335 e. The van der Waals surface area contributed by atoms with Crippen LogP contribution in [-0.4, -0.2) is 53.1 Å². The summed E-state index contributed by atoms with van der Waals surface area (Å²) in [5, 5.41) is 11.6. The monoisotopic (exact) mass is 496 g/mol. The number of thiophene rings is 1. The van der Waals surface area contributed by atoms with Crippen LogP contribution < -0.4 is 0 Å². The first-order valence-corrected chi connectivity index (χ1v) is 12.8. The van der Waals surface area contributed by atoms with Crippen LogP contribution in [0.2, 0.25) is 0 Å². The van der Waals surface area contributed by atoms with E-state index in [9.17, 15) is 0 Å². The van der Waals surface area contributed by atoms with Gasteiger partial charge in [-0.2, -0.15) is 16.4 Å². The van der Waals surface area contributed by atoms with Crippen molar-refractivity contribution in [2.45, 2.75) is 19.4 Å². The summed E-state index contributed by atoms with van der Waals surface area (Å²) in [5.41, 5.74) is 6.28. The van der Waals surface area contributed by atoms with E-state index in [1.807, 2.05) is 29.8 Å². The Kier molecular flexibility index (Phi) is 5.07. The summed E-state index contributed by atoms with van der Waals surface area (Å²) in [7, 11) is 0. The normalized spacial score (nSPS) is 14.4. The van der Waals surface area contributed by atoms with Crippen molar-refractivity contribution in [3.05, 3.63) is 65.1 Å². The Balaban J connectivity index is 1.32. The van der Waals surface area contributed by atoms with Crippen LogP contribution >= 0.6 is 11.3 Å². The number of rotatable bonds is 5. The molecule has 36 heavy (non-hydrogen) atoms. The number of likely N-dealkylation sites (tertiary alicyclic amines) is 1. The molecule has 178 valence electrons. The van der Waals surface area contributed by atoms with Gasteiger partial charge in [0.25, 0.3) is 0 Å². The van der Waals surface area contributed by atoms with Crippen molar-refractivity contribution in [2.75, 3.05) is 13.1 Å². The molecule has 1 fully saturated rings. The van der Waals surface area contributed by atoms with Gasteiger partial charge in [-0.1, -0.05) is 0 Å². The van der Waals surface area contributed by atoms with Gasteiger partial charge in [0, 0.05) is 48.0 Å². The lowest BCUT2D eigenvalue weighted by molar-refractivity contribution is 0.331. The number of nitrogens with one attached hydrogen (secondary N) is 2. The molecule has 10 heteroatoms. The standard InChI is InChI=1S/C26H21FN8S/c27-21-19(17-9-15(10-28-11-17)13-35-6-1-2-7-35)12-30-24-20(21)23(33-34-24)26-31-22-18(16-4-8-36-14-16)3-5-29-25(22)32-26/h3-5,8-12,14H,1-2,6-7,13H2,(H,29,31,32)(H,30,33,34). The number of aromatic nitrogens is 7. The Morgan fingerprint density at radius 1 is 1.00 bits per heavy atom. The maximum absolute atomic E-state index is 16.0. The first kappa shape index (κ1) is 21.3. The lowest BCUT2D eigenvalue weighted by Gasteiger charge is -2.15. The minimum atomic E-state index is -0.407. The van der Waals surface area contributed by atoms with Gasteiger partial charge >= 0.3 is 0 Å². The van der Waals surface area contributed by atoms with Crippen LogP contribution in [-0.2, 0) is 6.54 Å². The van der Waals surface area contributed by atoms with Gasteiger partial charge in [-0.25, -0.2) is 19.3 Å². The molecule has 0 bridgehead atoms. The number of fused-ring (bicyclic) bond motifs is 2. The zero-order valence-electron chi connectivity index (χ0n) is 19.2. The van der Waals surface area contributed by atoms with Gasteiger partial charge < -0.3 is 4.98 Å². The second-order valence-electron chi connectivity index (χ2n) is 9.00. The predicted octanol–water partition coefficient (Wildman–Crippen LogP) is 5.42. The number of hydrogen-bond donors (Lipinski definition) is 2. The molecule has 0 spiro atoms. The molecular weight excluding hydrogens is 475 g/mol. The Morgan fingerprint density at radius 2 is 1.92 bits per heavy atom. The molecule has 6 aromatic rings. The summed E-state index contributed by atoms with van der Waals surface area (Å²) in [6.07, 6.45) is 9.22. The SMILES string of the molecule is Fc1c(-c2cncc(CN3CCCC3)c2)cnc2n[nH]c(-c3nc4nccc(-c5ccsc5)c4[nH]3)c12. The van der Waals surface area contributed by atoms with E-state index in [-0.39, 0.29) is 5.39 Å². The fourth-order valence-electron chi connectivity index (χ4n) is 4.93. The van der Waals surface area contributed by atoms with Crippen LogP contribution in [0.25, 0.3) is 56.0 Å². The first-order valence-electron chi connectivity index (χ1n) is 11.8. The van der Waals surface area contributed by atoms with Gasteiger partial charge in [0.05, 0.1) is 10.9 Å². The van der Waals surface area contributed by atoms with E-state index in [0.29, 0.717) is 33.9 Å². The summed E-state index contributed by atoms with van der Waals surface area (Å²) in [4.78, 5) is 23.6. The molecular formula is C26H21FN8S. The third-order valence-corrected chi connectivity index (χ3v) is 7.37. The molecule has 7 heterocycles. The van der Waals surface area contributed by atoms with Crippen LogP contribution in [0.15, 0.2) is 53.7 Å². The number of nitrogens with zero attached hydrogens (tertiary/aromatic N) is 6. The molecule has 7 rings (SSSR count). The molecule has 2 N–H and O–H groups in total. The highest BCUT2D eigenvalue weighted by molar-refractivity contribution is 7.08. The van der Waals surface area contributed by atoms with Gasteiger partial charge in [-0.3, -0.25) is 15.0 Å². The highest BCUT2D eigenvalue weighted by Crippen LogP contribution is 2.34. The van der Waals surface area contributed by atoms with Crippen LogP contribution in [0, 0.1) is 5.82 Å². The highest BCUT2D eigenvalue weighted by atomic mass is 32.1. The van der Waals surface area contributed by atoms with Crippen molar-refractivity contribution < 1.29 is 4.39 Å². The van der Waals surface area contributed by atoms with E-state index in [1.54, 1.807) is 23.7 Å². The summed E-state index contributed by atoms with van der Waals surface area (Å²) in [6.45, 7) is 2.99. The topological polar surface area (TPSA) is 99.3 Å². The molecule has 8 nitrogen and oxygen atoms in total. The van der Waals surface area contributed by atoms with Crippen molar-refractivity contribution in [3.63, 3.8) is 0 Å². The fourth-order valence-corrected chi connectivity index (χ4v) is 5.59. The highest BCUT2D eigenvalue weighted by Gasteiger charge is 2.21. The summed E-state index contributed by atoms with van der Waals surface area (Å²) < 4.78 is 16.0. The minimum absolute atomic E-state index is 0.286. The molecule has 0 atom stereocenters. The van der Waals surface area contributed by atoms with Gasteiger partial charge in [0.2, 0.25) is 0 Å². The van der Waals surface area contributed by atoms with E-state index in [1.165, 1.54) is 19.0 Å². The molecule has 0 radical (unpaired) electrons. The van der Waals surface area contributed by atoms with Crippen molar-refractivity contribution in [3.8, 4) is 33.8 Å². The number of H-pyrrole nitrogens is 2. The second kappa shape index (κ2) is 8.58. The Hall–Kier alpha value is -4.02. The van der Waals surface area contributed by atoms with Crippen molar-refractivity contribution in [1.29, 1.82) is 0 Å². The first-order chi connectivity index (χ1) is 17.7. The number of imidazole rings is 1. The molecule has 1 saturated heterocycles. The third kappa shape index (κ3) is 3.57. The van der Waals surface area contributed by atoms with E-state index in [2.05, 4.69) is 45.4 Å². The van der Waals surface area contributed by atoms with Crippen LogP contribution in [0.3, 0.4) is 0 Å². The molecule has 1 aliphatic rings. The maximum Gasteiger partial charge on any atom is 0.184 e. The molecule has 0 unspecified atom stereocenters. The molecule has 6 aromatic heterocycles. The van der Waals surface area contributed by atoms with Gasteiger partial charge in [-0.05, 0) is 66.0 Å². The largest absolute Gasteiger partial charge is 0.335 e. The second-order valence-corrected chi connectivity index (χ2v) is 9.78. The van der Waals surface area contributed by atoms with Crippen molar-refractivity contribution in [2.24, 2.45) is 0 Å². The average Bonchev–Trinajstić information content (AvgIpc) is 3.70. The molecule has 1 aliphatic heterocycles. The fraction of sp³-hybridized carbons (Fsp3) is 0.192. The Labute approximate surface area is 209 Å². The number of aromatic amines is 2. The Bertz CT molecular complexity index is 1700. The van der Waals surface area contributed by atoms with Gasteiger partial charge in [0.1, 0.15) is 11.5 Å². The van der Waals surface area contributed by atoms with Crippen molar-refractivity contribution in [1.82, 2.24) is 40.0 Å². The van der Waals surface area contributed by atoms with Gasteiger partial charge in [-0.15, -0.1) is 0 Å². The lowest BCUT2D eigenvalue weighted by atomic mass is 10.0. The quantitative estimate of drug-likeness (QED) is 0.331.